The Morgan fingerprint density at radius 1 is 1.10 bits per heavy atom. The molecular weight excluding hydrogens is 262 g/mol. The van der Waals surface area contributed by atoms with Gasteiger partial charge in [0.15, 0.2) is 0 Å². The first-order chi connectivity index (χ1) is 10.2. The third kappa shape index (κ3) is 1.56. The maximum atomic E-state index is 12.9. The van der Waals surface area contributed by atoms with Crippen molar-refractivity contribution >= 4 is 27.7 Å². The van der Waals surface area contributed by atoms with Crippen LogP contribution in [0.1, 0.15) is 12.5 Å². The van der Waals surface area contributed by atoms with Crippen LogP contribution in [0.15, 0.2) is 47.3 Å². The highest BCUT2D eigenvalue weighted by Crippen LogP contribution is 2.20. The van der Waals surface area contributed by atoms with Crippen molar-refractivity contribution in [2.45, 2.75) is 20.4 Å². The zero-order valence-corrected chi connectivity index (χ0v) is 12.0. The van der Waals surface area contributed by atoms with Crippen LogP contribution in [0.5, 0.6) is 0 Å². The third-order valence-corrected chi connectivity index (χ3v) is 3.98. The van der Waals surface area contributed by atoms with E-state index in [9.17, 15) is 4.79 Å². The van der Waals surface area contributed by atoms with Crippen molar-refractivity contribution in [1.82, 2.24) is 14.0 Å². The number of hydrogen-bond acceptors (Lipinski definition) is 2. The number of imidazole rings is 1. The van der Waals surface area contributed by atoms with Gasteiger partial charge in [0.05, 0.1) is 21.9 Å². The molecule has 4 rings (SSSR count). The van der Waals surface area contributed by atoms with Crippen LogP contribution >= 0.6 is 0 Å². The van der Waals surface area contributed by atoms with Crippen LogP contribution in [-0.4, -0.2) is 14.0 Å². The third-order valence-electron chi connectivity index (χ3n) is 3.98. The van der Waals surface area contributed by atoms with E-state index in [0.29, 0.717) is 5.78 Å². The van der Waals surface area contributed by atoms with Crippen molar-refractivity contribution in [3.8, 4) is 0 Å². The number of benzene rings is 2. The Bertz CT molecular complexity index is 1060. The van der Waals surface area contributed by atoms with Gasteiger partial charge in [-0.3, -0.25) is 4.79 Å². The topological polar surface area (TPSA) is 39.3 Å². The average Bonchev–Trinajstić information content (AvgIpc) is 2.88. The molecule has 21 heavy (non-hydrogen) atoms. The number of rotatable bonds is 1. The number of fused-ring (bicyclic) bond motifs is 4. The van der Waals surface area contributed by atoms with Crippen molar-refractivity contribution in [3.63, 3.8) is 0 Å². The molecule has 4 aromatic rings. The minimum atomic E-state index is 0.00194. The summed E-state index contributed by atoms with van der Waals surface area (Å²) < 4.78 is 3.82. The second kappa shape index (κ2) is 4.19. The molecule has 0 aliphatic rings. The Hall–Kier alpha value is -2.62. The molecule has 0 saturated carbocycles. The predicted octanol–water partition coefficient (Wildman–Crippen LogP) is 3.13. The molecule has 0 fully saturated rings. The van der Waals surface area contributed by atoms with E-state index in [2.05, 4.69) is 16.5 Å². The Balaban J connectivity index is 2.38. The van der Waals surface area contributed by atoms with Gasteiger partial charge in [-0.2, -0.15) is 0 Å². The lowest BCUT2D eigenvalue weighted by Gasteiger charge is -2.11. The van der Waals surface area contributed by atoms with Gasteiger partial charge in [-0.15, -0.1) is 0 Å². The summed E-state index contributed by atoms with van der Waals surface area (Å²) in [5, 5.41) is 0.743. The standard InChI is InChI=1S/C17H15N3O/c1-3-19-14-9-8-11(2)10-12(14)16(21)20-15-7-5-4-6-13(15)18-17(19)20/h4-10H,3H2,1-2H3. The number of nitrogens with zero attached hydrogens (tertiary/aromatic N) is 3. The van der Waals surface area contributed by atoms with E-state index in [1.165, 1.54) is 0 Å². The van der Waals surface area contributed by atoms with E-state index in [-0.39, 0.29) is 5.56 Å². The summed E-state index contributed by atoms with van der Waals surface area (Å²) in [5.41, 5.74) is 3.75. The number of aromatic nitrogens is 3. The van der Waals surface area contributed by atoms with Gasteiger partial charge in [-0.1, -0.05) is 23.8 Å². The number of aryl methyl sites for hydroxylation is 2. The minimum Gasteiger partial charge on any atom is -0.311 e. The second-order valence-electron chi connectivity index (χ2n) is 5.31. The van der Waals surface area contributed by atoms with Crippen molar-refractivity contribution in [2.24, 2.45) is 0 Å². The highest BCUT2D eigenvalue weighted by Gasteiger charge is 2.14. The van der Waals surface area contributed by atoms with Gasteiger partial charge >= 0.3 is 0 Å². The van der Waals surface area contributed by atoms with Crippen molar-refractivity contribution in [3.05, 3.63) is 58.4 Å². The van der Waals surface area contributed by atoms with Crippen LogP contribution in [0.4, 0.5) is 0 Å². The lowest BCUT2D eigenvalue weighted by molar-refractivity contribution is 0.785. The van der Waals surface area contributed by atoms with Crippen LogP contribution in [0, 0.1) is 6.92 Å². The Morgan fingerprint density at radius 2 is 1.90 bits per heavy atom. The molecule has 0 N–H and O–H groups in total. The fourth-order valence-electron chi connectivity index (χ4n) is 2.99. The monoisotopic (exact) mass is 277 g/mol. The van der Waals surface area contributed by atoms with Gasteiger partial charge in [-0.05, 0) is 38.1 Å². The molecule has 0 atom stereocenters. The molecule has 0 saturated heterocycles. The summed E-state index contributed by atoms with van der Waals surface area (Å²) in [7, 11) is 0. The van der Waals surface area contributed by atoms with Crippen molar-refractivity contribution < 1.29 is 0 Å². The average molecular weight is 277 g/mol. The molecule has 0 aliphatic carbocycles. The van der Waals surface area contributed by atoms with Gasteiger partial charge in [0.1, 0.15) is 0 Å². The summed E-state index contributed by atoms with van der Waals surface area (Å²) in [6.07, 6.45) is 0. The Kier molecular flexibility index (Phi) is 2.42. The fraction of sp³-hybridized carbons (Fsp3) is 0.176. The second-order valence-corrected chi connectivity index (χ2v) is 5.31. The molecule has 2 aromatic carbocycles. The molecule has 0 radical (unpaired) electrons. The first-order valence-electron chi connectivity index (χ1n) is 7.11. The van der Waals surface area contributed by atoms with Crippen molar-refractivity contribution in [1.29, 1.82) is 0 Å². The van der Waals surface area contributed by atoms with Crippen LogP contribution in [-0.2, 0) is 6.54 Å². The summed E-state index contributed by atoms with van der Waals surface area (Å²) >= 11 is 0. The maximum Gasteiger partial charge on any atom is 0.267 e. The van der Waals surface area contributed by atoms with E-state index in [4.69, 9.17) is 0 Å². The fourth-order valence-corrected chi connectivity index (χ4v) is 2.99. The molecular formula is C17H15N3O. The first kappa shape index (κ1) is 12.1. The van der Waals surface area contributed by atoms with Crippen LogP contribution in [0.3, 0.4) is 0 Å². The molecule has 4 heteroatoms. The van der Waals surface area contributed by atoms with Crippen LogP contribution in [0.2, 0.25) is 0 Å². The van der Waals surface area contributed by atoms with E-state index >= 15 is 0 Å². The largest absolute Gasteiger partial charge is 0.311 e. The quantitative estimate of drug-likeness (QED) is 0.536. The summed E-state index contributed by atoms with van der Waals surface area (Å²) in [4.78, 5) is 17.5. The SMILES string of the molecule is CCn1c2ccc(C)cc2c(=O)n2c3ccccc3nc12. The van der Waals surface area contributed by atoms with Crippen LogP contribution < -0.4 is 5.56 Å². The molecule has 2 heterocycles. The molecule has 0 spiro atoms. The Labute approximate surface area is 121 Å². The lowest BCUT2D eigenvalue weighted by atomic mass is 10.1. The summed E-state index contributed by atoms with van der Waals surface area (Å²) in [5.74, 6) is 0.708. The zero-order chi connectivity index (χ0) is 14.6. The van der Waals surface area contributed by atoms with Gasteiger partial charge in [0, 0.05) is 6.54 Å². The van der Waals surface area contributed by atoms with E-state index in [1.807, 2.05) is 49.4 Å². The highest BCUT2D eigenvalue weighted by atomic mass is 16.1. The maximum absolute atomic E-state index is 12.9. The van der Waals surface area contributed by atoms with Gasteiger partial charge in [-0.25, -0.2) is 9.38 Å². The minimum absolute atomic E-state index is 0.00194. The normalized spacial score (nSPS) is 11.7. The highest BCUT2D eigenvalue weighted by molar-refractivity contribution is 5.86. The van der Waals surface area contributed by atoms with E-state index < -0.39 is 0 Å². The molecule has 2 aromatic heterocycles. The smallest absolute Gasteiger partial charge is 0.267 e. The number of para-hydroxylation sites is 2. The van der Waals surface area contributed by atoms with Crippen LogP contribution in [0.25, 0.3) is 27.7 Å². The summed E-state index contributed by atoms with van der Waals surface area (Å²) in [6.45, 7) is 4.85. The van der Waals surface area contributed by atoms with Gasteiger partial charge < -0.3 is 4.57 Å². The lowest BCUT2D eigenvalue weighted by Crippen LogP contribution is -2.18. The van der Waals surface area contributed by atoms with Crippen molar-refractivity contribution in [2.75, 3.05) is 0 Å². The van der Waals surface area contributed by atoms with E-state index in [1.54, 1.807) is 4.40 Å². The Morgan fingerprint density at radius 3 is 2.71 bits per heavy atom. The molecule has 4 nitrogen and oxygen atoms in total. The zero-order valence-electron chi connectivity index (χ0n) is 12.0. The molecule has 0 unspecified atom stereocenters. The first-order valence-corrected chi connectivity index (χ1v) is 7.11. The molecule has 0 bridgehead atoms. The molecule has 0 amide bonds. The van der Waals surface area contributed by atoms with Gasteiger partial charge in [0.2, 0.25) is 5.78 Å². The predicted molar refractivity (Wildman–Crippen MR) is 84.9 cm³/mol. The molecule has 0 aliphatic heterocycles. The van der Waals surface area contributed by atoms with Gasteiger partial charge in [0.25, 0.3) is 5.56 Å². The number of hydrogen-bond donors (Lipinski definition) is 0. The summed E-state index contributed by atoms with van der Waals surface area (Å²) in [6, 6.07) is 13.8. The molecule has 104 valence electrons. The van der Waals surface area contributed by atoms with E-state index in [0.717, 1.165) is 34.0 Å².